The lowest BCUT2D eigenvalue weighted by Crippen LogP contribution is -2.45. The minimum Gasteiger partial charge on any atom is -0.392 e. The molecule has 0 saturated carbocycles. The van der Waals surface area contributed by atoms with E-state index < -0.39 is 0 Å². The van der Waals surface area contributed by atoms with Gasteiger partial charge in [0.25, 0.3) is 0 Å². The Morgan fingerprint density at radius 2 is 1.64 bits per heavy atom. The fourth-order valence-corrected chi connectivity index (χ4v) is 3.07. The van der Waals surface area contributed by atoms with Crippen LogP contribution in [-0.4, -0.2) is 23.3 Å². The Morgan fingerprint density at radius 3 is 2.07 bits per heavy atom. The average Bonchev–Trinajstić information content (AvgIpc) is 2.42. The summed E-state index contributed by atoms with van der Waals surface area (Å²) in [5.74, 6) is 0.522. The Bertz CT molecular complexity index is 197. The highest BCUT2D eigenvalue weighted by molar-refractivity contribution is 4.95. The molecular formula is C12H23NO. The van der Waals surface area contributed by atoms with Crippen molar-refractivity contribution in [3.63, 3.8) is 0 Å². The highest BCUT2D eigenvalue weighted by Crippen LogP contribution is 2.37. The molecule has 2 N–H and O–H groups in total. The molecule has 0 aliphatic carbocycles. The fourth-order valence-electron chi connectivity index (χ4n) is 3.07. The van der Waals surface area contributed by atoms with Gasteiger partial charge < -0.3 is 10.4 Å². The molecule has 0 radical (unpaired) electrons. The number of rotatable bonds is 1. The third kappa shape index (κ3) is 1.96. The maximum absolute atomic E-state index is 10.2. The molecule has 2 saturated heterocycles. The summed E-state index contributed by atoms with van der Waals surface area (Å²) in [5.41, 5.74) is 0.0431. The maximum Gasteiger partial charge on any atom is 0.0617 e. The Labute approximate surface area is 87.1 Å². The average molecular weight is 197 g/mol. The van der Waals surface area contributed by atoms with Crippen LogP contribution in [0.25, 0.3) is 0 Å². The van der Waals surface area contributed by atoms with Crippen LogP contribution in [0, 0.1) is 11.3 Å². The first-order valence-electron chi connectivity index (χ1n) is 5.91. The standard InChI is InChI=1S/C12H23NO/c1-12(2,3)11(14)8-6-9-4-5-10(7-8)13-9/h8-11,13-14H,4-7H2,1-3H3. The number of aliphatic hydroxyl groups is 1. The second-order valence-electron chi connectivity index (χ2n) is 6.18. The Kier molecular flexibility index (Phi) is 2.61. The molecule has 0 spiro atoms. The van der Waals surface area contributed by atoms with Crippen molar-refractivity contribution in [2.24, 2.45) is 11.3 Å². The fraction of sp³-hybridized carbons (Fsp3) is 1.00. The Balaban J connectivity index is 1.99. The highest BCUT2D eigenvalue weighted by Gasteiger charge is 2.39. The van der Waals surface area contributed by atoms with Crippen molar-refractivity contribution < 1.29 is 5.11 Å². The van der Waals surface area contributed by atoms with Crippen LogP contribution in [0.4, 0.5) is 0 Å². The summed E-state index contributed by atoms with van der Waals surface area (Å²) in [6.07, 6.45) is 4.85. The van der Waals surface area contributed by atoms with Gasteiger partial charge in [0.2, 0.25) is 0 Å². The van der Waals surface area contributed by atoms with Gasteiger partial charge in [0, 0.05) is 12.1 Å². The molecule has 14 heavy (non-hydrogen) atoms. The van der Waals surface area contributed by atoms with E-state index in [0.717, 1.165) is 0 Å². The lowest BCUT2D eigenvalue weighted by molar-refractivity contribution is -0.00648. The van der Waals surface area contributed by atoms with Crippen molar-refractivity contribution in [3.05, 3.63) is 0 Å². The molecule has 2 aliphatic heterocycles. The van der Waals surface area contributed by atoms with E-state index in [1.165, 1.54) is 25.7 Å². The summed E-state index contributed by atoms with van der Waals surface area (Å²) in [6.45, 7) is 6.42. The van der Waals surface area contributed by atoms with E-state index in [4.69, 9.17) is 0 Å². The van der Waals surface area contributed by atoms with Crippen molar-refractivity contribution in [2.75, 3.05) is 0 Å². The van der Waals surface area contributed by atoms with Gasteiger partial charge in [-0.3, -0.25) is 0 Å². The Hall–Kier alpha value is -0.0800. The zero-order valence-electron chi connectivity index (χ0n) is 9.59. The SMILES string of the molecule is CC(C)(C)C(O)C1CC2CCC(C1)N2. The van der Waals surface area contributed by atoms with Crippen LogP contribution in [0.15, 0.2) is 0 Å². The predicted octanol–water partition coefficient (Wildman–Crippen LogP) is 1.92. The van der Waals surface area contributed by atoms with Crippen LogP contribution in [0.5, 0.6) is 0 Å². The predicted molar refractivity (Wildman–Crippen MR) is 58.1 cm³/mol. The van der Waals surface area contributed by atoms with E-state index in [-0.39, 0.29) is 11.5 Å². The molecule has 2 aliphatic rings. The molecule has 2 rings (SSSR count). The molecular weight excluding hydrogens is 174 g/mol. The summed E-state index contributed by atoms with van der Waals surface area (Å²) in [7, 11) is 0. The van der Waals surface area contributed by atoms with Gasteiger partial charge in [-0.05, 0) is 37.0 Å². The number of hydrogen-bond donors (Lipinski definition) is 2. The second kappa shape index (κ2) is 3.49. The van der Waals surface area contributed by atoms with Crippen LogP contribution < -0.4 is 5.32 Å². The summed E-state index contributed by atoms with van der Waals surface area (Å²) in [6, 6.07) is 1.38. The van der Waals surface area contributed by atoms with E-state index in [1.54, 1.807) is 0 Å². The summed E-state index contributed by atoms with van der Waals surface area (Å²) in [4.78, 5) is 0. The first-order valence-corrected chi connectivity index (χ1v) is 5.91. The zero-order chi connectivity index (χ0) is 10.3. The van der Waals surface area contributed by atoms with Gasteiger partial charge in [0.05, 0.1) is 6.10 Å². The van der Waals surface area contributed by atoms with Crippen LogP contribution in [0.2, 0.25) is 0 Å². The zero-order valence-corrected chi connectivity index (χ0v) is 9.59. The van der Waals surface area contributed by atoms with Crippen LogP contribution >= 0.6 is 0 Å². The van der Waals surface area contributed by atoms with Gasteiger partial charge in [-0.1, -0.05) is 20.8 Å². The van der Waals surface area contributed by atoms with Gasteiger partial charge in [-0.2, -0.15) is 0 Å². The van der Waals surface area contributed by atoms with Gasteiger partial charge in [-0.25, -0.2) is 0 Å². The van der Waals surface area contributed by atoms with Gasteiger partial charge in [0.1, 0.15) is 0 Å². The van der Waals surface area contributed by atoms with Crippen molar-refractivity contribution in [2.45, 2.75) is 64.6 Å². The molecule has 3 atom stereocenters. The summed E-state index contributed by atoms with van der Waals surface area (Å²) >= 11 is 0. The van der Waals surface area contributed by atoms with Crippen molar-refractivity contribution in [1.29, 1.82) is 0 Å². The third-order valence-electron chi connectivity index (χ3n) is 3.84. The first kappa shape index (κ1) is 10.4. The molecule has 0 aromatic rings. The van der Waals surface area contributed by atoms with Gasteiger partial charge in [0.15, 0.2) is 0 Å². The summed E-state index contributed by atoms with van der Waals surface area (Å²) < 4.78 is 0. The number of nitrogens with one attached hydrogen (secondary N) is 1. The molecule has 2 heterocycles. The monoisotopic (exact) mass is 197 g/mol. The number of fused-ring (bicyclic) bond motifs is 2. The topological polar surface area (TPSA) is 32.3 Å². The van der Waals surface area contributed by atoms with E-state index in [0.29, 0.717) is 18.0 Å². The molecule has 3 unspecified atom stereocenters. The second-order valence-corrected chi connectivity index (χ2v) is 6.18. The number of aliphatic hydroxyl groups excluding tert-OH is 1. The van der Waals surface area contributed by atoms with E-state index in [9.17, 15) is 5.11 Å². The van der Waals surface area contributed by atoms with Crippen molar-refractivity contribution in [3.8, 4) is 0 Å². The summed E-state index contributed by atoms with van der Waals surface area (Å²) in [5, 5.41) is 13.9. The van der Waals surface area contributed by atoms with Crippen molar-refractivity contribution >= 4 is 0 Å². The normalized spacial score (nSPS) is 39.9. The lowest BCUT2D eigenvalue weighted by Gasteiger charge is -2.38. The molecule has 82 valence electrons. The lowest BCUT2D eigenvalue weighted by atomic mass is 9.76. The molecule has 0 amide bonds. The van der Waals surface area contributed by atoms with Crippen LogP contribution in [-0.2, 0) is 0 Å². The number of piperidine rings is 1. The molecule has 2 fully saturated rings. The van der Waals surface area contributed by atoms with E-state index in [2.05, 4.69) is 26.1 Å². The van der Waals surface area contributed by atoms with Gasteiger partial charge in [-0.15, -0.1) is 0 Å². The molecule has 2 bridgehead atoms. The number of hydrogen-bond acceptors (Lipinski definition) is 2. The maximum atomic E-state index is 10.2. The van der Waals surface area contributed by atoms with E-state index >= 15 is 0 Å². The Morgan fingerprint density at radius 1 is 1.14 bits per heavy atom. The molecule has 2 heteroatoms. The quantitative estimate of drug-likeness (QED) is 0.673. The minimum absolute atomic E-state index is 0.0431. The minimum atomic E-state index is -0.132. The van der Waals surface area contributed by atoms with Crippen LogP contribution in [0.3, 0.4) is 0 Å². The molecule has 2 nitrogen and oxygen atoms in total. The van der Waals surface area contributed by atoms with Crippen LogP contribution in [0.1, 0.15) is 46.5 Å². The highest BCUT2D eigenvalue weighted by atomic mass is 16.3. The third-order valence-corrected chi connectivity index (χ3v) is 3.84. The van der Waals surface area contributed by atoms with Crippen molar-refractivity contribution in [1.82, 2.24) is 5.32 Å². The molecule has 0 aromatic carbocycles. The van der Waals surface area contributed by atoms with Gasteiger partial charge >= 0.3 is 0 Å². The molecule has 0 aromatic heterocycles. The van der Waals surface area contributed by atoms with E-state index in [1.807, 2.05) is 0 Å². The smallest absolute Gasteiger partial charge is 0.0617 e. The largest absolute Gasteiger partial charge is 0.392 e. The first-order chi connectivity index (χ1) is 6.47.